The number of hydrogen-bond donors (Lipinski definition) is 0. The Morgan fingerprint density at radius 1 is 1.31 bits per heavy atom. The maximum Gasteiger partial charge on any atom is 0.244 e. The molecule has 0 amide bonds. The van der Waals surface area contributed by atoms with Crippen molar-refractivity contribution in [3.8, 4) is 17.1 Å². The third kappa shape index (κ3) is 3.25. The van der Waals surface area contributed by atoms with Crippen molar-refractivity contribution < 1.29 is 13.7 Å². The van der Waals surface area contributed by atoms with E-state index in [-0.39, 0.29) is 17.2 Å². The molecule has 0 N–H and O–H groups in total. The van der Waals surface area contributed by atoms with E-state index in [0.717, 1.165) is 24.9 Å². The number of nitrogens with zero attached hydrogens (tertiary/aromatic N) is 3. The second kappa shape index (κ2) is 7.13. The lowest BCUT2D eigenvalue weighted by Crippen LogP contribution is -2.23. The van der Waals surface area contributed by atoms with Crippen LogP contribution in [0.3, 0.4) is 0 Å². The fourth-order valence-corrected chi connectivity index (χ4v) is 3.24. The molecular weight excluding hydrogens is 334 g/mol. The van der Waals surface area contributed by atoms with Gasteiger partial charge in [0, 0.05) is 11.6 Å². The Kier molecular flexibility index (Phi) is 4.53. The van der Waals surface area contributed by atoms with Gasteiger partial charge in [0.2, 0.25) is 22.9 Å². The minimum atomic E-state index is -0.186. The van der Waals surface area contributed by atoms with Crippen LogP contribution in [0.15, 0.2) is 56.4 Å². The molecule has 134 valence electrons. The molecule has 0 saturated carbocycles. The first kappa shape index (κ1) is 16.5. The van der Waals surface area contributed by atoms with Gasteiger partial charge in [0.1, 0.15) is 12.0 Å². The van der Waals surface area contributed by atoms with E-state index < -0.39 is 0 Å². The molecule has 0 aliphatic carbocycles. The molecule has 1 atom stereocenters. The second-order valence-corrected chi connectivity index (χ2v) is 6.23. The van der Waals surface area contributed by atoms with E-state index in [9.17, 15) is 4.79 Å². The summed E-state index contributed by atoms with van der Waals surface area (Å²) in [7, 11) is 1.45. The number of hydrogen-bond acceptors (Lipinski definition) is 7. The number of rotatable bonds is 5. The van der Waals surface area contributed by atoms with Crippen molar-refractivity contribution in [2.24, 2.45) is 0 Å². The molecule has 1 aromatic carbocycles. The van der Waals surface area contributed by atoms with Crippen molar-refractivity contribution in [3.05, 3.63) is 64.5 Å². The largest absolute Gasteiger partial charge is 0.490 e. The van der Waals surface area contributed by atoms with Crippen molar-refractivity contribution in [1.82, 2.24) is 15.0 Å². The average molecular weight is 353 g/mol. The van der Waals surface area contributed by atoms with Crippen LogP contribution in [-0.2, 0) is 6.54 Å². The summed E-state index contributed by atoms with van der Waals surface area (Å²) in [6.45, 7) is 1.39. The van der Waals surface area contributed by atoms with Crippen LogP contribution < -0.4 is 10.2 Å². The van der Waals surface area contributed by atoms with Crippen molar-refractivity contribution >= 4 is 0 Å². The highest BCUT2D eigenvalue weighted by atomic mass is 16.5. The Bertz CT molecular complexity index is 935. The summed E-state index contributed by atoms with van der Waals surface area (Å²) in [5, 5.41) is 4.11. The quantitative estimate of drug-likeness (QED) is 0.697. The highest BCUT2D eigenvalue weighted by Gasteiger charge is 2.31. The van der Waals surface area contributed by atoms with Gasteiger partial charge in [-0.3, -0.25) is 9.69 Å². The second-order valence-electron chi connectivity index (χ2n) is 6.23. The van der Waals surface area contributed by atoms with Crippen LogP contribution >= 0.6 is 0 Å². The first-order valence-corrected chi connectivity index (χ1v) is 8.53. The molecular formula is C19H19N3O4. The molecule has 1 fully saturated rings. The lowest BCUT2D eigenvalue weighted by molar-refractivity contribution is 0.186. The number of aromatic nitrogens is 2. The number of benzene rings is 1. The Morgan fingerprint density at radius 3 is 2.92 bits per heavy atom. The SMILES string of the molecule is COc1coc(CN2CCCC2c2nc(-c3ccccc3)no2)cc1=O. The Morgan fingerprint density at radius 2 is 2.15 bits per heavy atom. The normalized spacial score (nSPS) is 17.5. The van der Waals surface area contributed by atoms with Gasteiger partial charge in [0.15, 0.2) is 0 Å². The molecule has 0 spiro atoms. The summed E-state index contributed by atoms with van der Waals surface area (Å²) in [6.07, 6.45) is 3.30. The summed E-state index contributed by atoms with van der Waals surface area (Å²) in [5.74, 6) is 1.97. The molecule has 1 aliphatic heterocycles. The monoisotopic (exact) mass is 353 g/mol. The van der Waals surface area contributed by atoms with Crippen LogP contribution in [0, 0.1) is 0 Å². The lowest BCUT2D eigenvalue weighted by Gasteiger charge is -2.20. The van der Waals surface area contributed by atoms with Crippen molar-refractivity contribution in [2.45, 2.75) is 25.4 Å². The van der Waals surface area contributed by atoms with Gasteiger partial charge in [-0.25, -0.2) is 0 Å². The molecule has 1 saturated heterocycles. The van der Waals surface area contributed by atoms with E-state index in [0.29, 0.717) is 24.0 Å². The van der Waals surface area contributed by atoms with E-state index in [1.165, 1.54) is 19.4 Å². The molecule has 1 unspecified atom stereocenters. The van der Waals surface area contributed by atoms with Crippen LogP contribution in [0.1, 0.15) is 30.5 Å². The molecule has 4 rings (SSSR count). The topological polar surface area (TPSA) is 81.6 Å². The van der Waals surface area contributed by atoms with Crippen LogP contribution in [0.5, 0.6) is 5.75 Å². The minimum absolute atomic E-state index is 0.0207. The predicted molar refractivity (Wildman–Crippen MR) is 93.6 cm³/mol. The van der Waals surface area contributed by atoms with Crippen LogP contribution in [-0.4, -0.2) is 28.7 Å². The minimum Gasteiger partial charge on any atom is -0.490 e. The van der Waals surface area contributed by atoms with Crippen LogP contribution in [0.4, 0.5) is 0 Å². The zero-order chi connectivity index (χ0) is 17.9. The molecule has 0 radical (unpaired) electrons. The summed E-state index contributed by atoms with van der Waals surface area (Å²) >= 11 is 0. The molecule has 1 aliphatic rings. The van der Waals surface area contributed by atoms with Gasteiger partial charge in [-0.2, -0.15) is 4.98 Å². The Labute approximate surface area is 150 Å². The fraction of sp³-hybridized carbons (Fsp3) is 0.316. The smallest absolute Gasteiger partial charge is 0.244 e. The van der Waals surface area contributed by atoms with Gasteiger partial charge in [-0.15, -0.1) is 0 Å². The Hall–Kier alpha value is -2.93. The van der Waals surface area contributed by atoms with Crippen LogP contribution in [0.25, 0.3) is 11.4 Å². The van der Waals surface area contributed by atoms with Crippen molar-refractivity contribution in [1.29, 1.82) is 0 Å². The van der Waals surface area contributed by atoms with Gasteiger partial charge in [0.05, 0.1) is 19.7 Å². The molecule has 3 aromatic rings. The molecule has 7 nitrogen and oxygen atoms in total. The third-order valence-corrected chi connectivity index (χ3v) is 4.55. The molecule has 7 heteroatoms. The van der Waals surface area contributed by atoms with E-state index in [2.05, 4.69) is 15.0 Å². The highest BCUT2D eigenvalue weighted by Crippen LogP contribution is 2.33. The predicted octanol–water partition coefficient (Wildman–Crippen LogP) is 3.04. The molecule has 0 bridgehead atoms. The summed E-state index contributed by atoms with van der Waals surface area (Å²) in [5.41, 5.74) is 0.738. The summed E-state index contributed by atoms with van der Waals surface area (Å²) in [6, 6.07) is 11.2. The maximum atomic E-state index is 11.9. The number of methoxy groups -OCH3 is 1. The highest BCUT2D eigenvalue weighted by molar-refractivity contribution is 5.53. The number of ether oxygens (including phenoxy) is 1. The van der Waals surface area contributed by atoms with E-state index in [4.69, 9.17) is 13.7 Å². The van der Waals surface area contributed by atoms with Gasteiger partial charge in [0.25, 0.3) is 0 Å². The van der Waals surface area contributed by atoms with Gasteiger partial charge in [-0.05, 0) is 19.4 Å². The first-order valence-electron chi connectivity index (χ1n) is 8.53. The van der Waals surface area contributed by atoms with Gasteiger partial charge < -0.3 is 13.7 Å². The van der Waals surface area contributed by atoms with E-state index in [1.807, 2.05) is 30.3 Å². The summed E-state index contributed by atoms with van der Waals surface area (Å²) in [4.78, 5) is 18.7. The summed E-state index contributed by atoms with van der Waals surface area (Å²) < 4.78 is 16.0. The van der Waals surface area contributed by atoms with E-state index >= 15 is 0 Å². The van der Waals surface area contributed by atoms with Gasteiger partial charge >= 0.3 is 0 Å². The zero-order valence-electron chi connectivity index (χ0n) is 14.4. The maximum absolute atomic E-state index is 11.9. The first-order chi connectivity index (χ1) is 12.7. The average Bonchev–Trinajstić information content (AvgIpc) is 3.32. The third-order valence-electron chi connectivity index (χ3n) is 4.55. The standard InChI is InChI=1S/C19H19N3O4/c1-24-17-12-25-14(10-16(17)23)11-22-9-5-8-15(22)19-20-18(21-26-19)13-6-3-2-4-7-13/h2-4,6-7,10,12,15H,5,8-9,11H2,1H3. The molecule has 2 aromatic heterocycles. The van der Waals surface area contributed by atoms with Crippen LogP contribution in [0.2, 0.25) is 0 Å². The van der Waals surface area contributed by atoms with Crippen molar-refractivity contribution in [2.75, 3.05) is 13.7 Å². The molecule has 26 heavy (non-hydrogen) atoms. The molecule has 3 heterocycles. The lowest BCUT2D eigenvalue weighted by atomic mass is 10.2. The van der Waals surface area contributed by atoms with Gasteiger partial charge in [-0.1, -0.05) is 35.5 Å². The van der Waals surface area contributed by atoms with Crippen molar-refractivity contribution in [3.63, 3.8) is 0 Å². The Balaban J connectivity index is 1.53. The van der Waals surface area contributed by atoms with E-state index in [1.54, 1.807) is 0 Å². The fourth-order valence-electron chi connectivity index (χ4n) is 3.24. The number of likely N-dealkylation sites (tertiary alicyclic amines) is 1. The zero-order valence-corrected chi connectivity index (χ0v) is 14.4.